The molecule has 1 N–H and O–H groups in total. The molecular weight excluding hydrogens is 452 g/mol. The number of nitrogens with zero attached hydrogens (tertiary/aromatic N) is 5. The summed E-state index contributed by atoms with van der Waals surface area (Å²) in [6.07, 6.45) is 9.03. The van der Waals surface area contributed by atoms with Crippen molar-refractivity contribution in [1.82, 2.24) is 20.0 Å². The summed E-state index contributed by atoms with van der Waals surface area (Å²) >= 11 is 0. The highest BCUT2D eigenvalue weighted by atomic mass is 16.5. The number of amides is 1. The molecule has 8 heteroatoms. The molecular formula is C28H40N6O2. The van der Waals surface area contributed by atoms with Crippen molar-refractivity contribution in [1.29, 1.82) is 0 Å². The highest BCUT2D eigenvalue weighted by molar-refractivity contribution is 5.87. The van der Waals surface area contributed by atoms with E-state index >= 15 is 0 Å². The van der Waals surface area contributed by atoms with E-state index in [1.165, 1.54) is 17.3 Å². The third-order valence-corrected chi connectivity index (χ3v) is 8.08. The summed E-state index contributed by atoms with van der Waals surface area (Å²) in [5.41, 5.74) is 3.80. The summed E-state index contributed by atoms with van der Waals surface area (Å²) < 4.78 is 5.10. The van der Waals surface area contributed by atoms with Crippen molar-refractivity contribution >= 4 is 17.7 Å². The summed E-state index contributed by atoms with van der Waals surface area (Å²) in [7, 11) is 0. The molecule has 1 atom stereocenters. The third kappa shape index (κ3) is 5.13. The molecule has 4 heterocycles. The van der Waals surface area contributed by atoms with Gasteiger partial charge in [-0.15, -0.1) is 0 Å². The topological polar surface area (TPSA) is 87.4 Å². The minimum Gasteiger partial charge on any atom is -0.367 e. The molecule has 2 aromatic rings. The molecule has 0 bridgehead atoms. The van der Waals surface area contributed by atoms with Crippen LogP contribution in [0.4, 0.5) is 11.8 Å². The van der Waals surface area contributed by atoms with E-state index in [1.54, 1.807) is 6.26 Å². The number of hydrogen-bond acceptors (Lipinski definition) is 7. The lowest BCUT2D eigenvalue weighted by Gasteiger charge is -2.47. The molecule has 8 nitrogen and oxygen atoms in total. The van der Waals surface area contributed by atoms with Gasteiger partial charge in [-0.1, -0.05) is 39.4 Å². The Morgan fingerprint density at radius 1 is 1.25 bits per heavy atom. The third-order valence-electron chi connectivity index (χ3n) is 8.08. The van der Waals surface area contributed by atoms with Gasteiger partial charge < -0.3 is 19.6 Å². The second kappa shape index (κ2) is 9.52. The average molecular weight is 493 g/mol. The Balaban J connectivity index is 1.40. The molecule has 1 unspecified atom stereocenters. The molecule has 2 saturated heterocycles. The van der Waals surface area contributed by atoms with Gasteiger partial charge in [0.05, 0.1) is 11.4 Å². The standard InChI is InChI=1S/C28H40N6O2/c1-6-24(35)34-17-28(18-34)10-11-33(16-28)26-30-23-15-27(4,5)9-7-22(23)25(31-26)29-21(13-19(2)3)14-20-8-12-36-32-20/h6,8,12,19,21H,1,7,9-11,13-18H2,2-5H3,(H,29,30,31). The molecule has 5 rings (SSSR count). The van der Waals surface area contributed by atoms with Crippen LogP contribution < -0.4 is 10.2 Å². The Morgan fingerprint density at radius 3 is 2.75 bits per heavy atom. The van der Waals surface area contributed by atoms with Gasteiger partial charge in [-0.25, -0.2) is 4.98 Å². The molecule has 2 fully saturated rings. The number of anilines is 2. The average Bonchev–Trinajstić information content (AvgIpc) is 3.46. The van der Waals surface area contributed by atoms with Crippen LogP contribution in [-0.2, 0) is 24.1 Å². The summed E-state index contributed by atoms with van der Waals surface area (Å²) in [6.45, 7) is 16.2. The normalized spacial score (nSPS) is 20.8. The van der Waals surface area contributed by atoms with Crippen LogP contribution in [0.25, 0.3) is 0 Å². The Bertz CT molecular complexity index is 1100. The smallest absolute Gasteiger partial charge is 0.245 e. The number of aromatic nitrogens is 3. The van der Waals surface area contributed by atoms with Crippen LogP contribution in [0.2, 0.25) is 0 Å². The number of hydrogen-bond donors (Lipinski definition) is 1. The van der Waals surface area contributed by atoms with E-state index in [0.29, 0.717) is 5.92 Å². The van der Waals surface area contributed by atoms with Crippen LogP contribution in [0, 0.1) is 16.7 Å². The molecule has 1 amide bonds. The lowest BCUT2D eigenvalue weighted by molar-refractivity contribution is -0.136. The van der Waals surface area contributed by atoms with Gasteiger partial charge in [-0.3, -0.25) is 4.79 Å². The van der Waals surface area contributed by atoms with E-state index in [1.807, 2.05) is 11.0 Å². The first-order chi connectivity index (χ1) is 17.2. The fourth-order valence-corrected chi connectivity index (χ4v) is 6.16. The number of rotatable bonds is 8. The van der Waals surface area contributed by atoms with Crippen LogP contribution in [0.15, 0.2) is 29.5 Å². The molecule has 1 aliphatic carbocycles. The quantitative estimate of drug-likeness (QED) is 0.551. The van der Waals surface area contributed by atoms with Crippen molar-refractivity contribution < 1.29 is 9.32 Å². The van der Waals surface area contributed by atoms with Crippen LogP contribution in [-0.4, -0.2) is 58.2 Å². The van der Waals surface area contributed by atoms with Crippen molar-refractivity contribution in [2.24, 2.45) is 16.7 Å². The van der Waals surface area contributed by atoms with Crippen molar-refractivity contribution in [3.63, 3.8) is 0 Å². The highest BCUT2D eigenvalue weighted by Crippen LogP contribution is 2.42. The van der Waals surface area contributed by atoms with E-state index in [2.05, 4.69) is 49.6 Å². The zero-order chi connectivity index (χ0) is 25.5. The lowest BCUT2D eigenvalue weighted by Crippen LogP contribution is -2.59. The first-order valence-corrected chi connectivity index (χ1v) is 13.4. The second-order valence-corrected chi connectivity index (χ2v) is 12.4. The number of likely N-dealkylation sites (tertiary alicyclic amines) is 1. The lowest BCUT2D eigenvalue weighted by atomic mass is 9.76. The molecule has 2 aliphatic heterocycles. The fourth-order valence-electron chi connectivity index (χ4n) is 6.16. The SMILES string of the molecule is C=CC(=O)N1CC2(CCN(c3nc4c(c(NC(Cc5ccon5)CC(C)C)n3)CCC(C)(C)C4)C2)C1. The molecule has 0 aromatic carbocycles. The van der Waals surface area contributed by atoms with E-state index in [0.717, 1.165) is 82.2 Å². The summed E-state index contributed by atoms with van der Waals surface area (Å²) in [5, 5.41) is 7.98. The number of nitrogens with one attached hydrogen (secondary N) is 1. The Hall–Kier alpha value is -2.90. The molecule has 0 radical (unpaired) electrons. The molecule has 1 spiro atoms. The monoisotopic (exact) mass is 492 g/mol. The maximum atomic E-state index is 12.0. The number of fused-ring (bicyclic) bond motifs is 1. The first-order valence-electron chi connectivity index (χ1n) is 13.4. The van der Waals surface area contributed by atoms with E-state index < -0.39 is 0 Å². The minimum absolute atomic E-state index is 0.0288. The van der Waals surface area contributed by atoms with Gasteiger partial charge in [0.15, 0.2) is 0 Å². The minimum atomic E-state index is 0.0288. The fraction of sp³-hybridized carbons (Fsp3) is 0.643. The maximum absolute atomic E-state index is 12.0. The zero-order valence-corrected chi connectivity index (χ0v) is 22.2. The van der Waals surface area contributed by atoms with Gasteiger partial charge in [-0.2, -0.15) is 4.98 Å². The highest BCUT2D eigenvalue weighted by Gasteiger charge is 2.49. The molecule has 2 aromatic heterocycles. The van der Waals surface area contributed by atoms with E-state index in [-0.39, 0.29) is 22.8 Å². The van der Waals surface area contributed by atoms with Gasteiger partial charge in [-0.05, 0) is 49.5 Å². The molecule has 36 heavy (non-hydrogen) atoms. The second-order valence-electron chi connectivity index (χ2n) is 12.4. The predicted octanol–water partition coefficient (Wildman–Crippen LogP) is 4.27. The van der Waals surface area contributed by atoms with Crippen molar-refractivity contribution in [2.75, 3.05) is 36.4 Å². The van der Waals surface area contributed by atoms with Gasteiger partial charge in [0.1, 0.15) is 12.1 Å². The van der Waals surface area contributed by atoms with Crippen molar-refractivity contribution in [2.45, 2.75) is 72.3 Å². The summed E-state index contributed by atoms with van der Waals surface area (Å²) in [4.78, 5) is 26.5. The number of carbonyl (C=O) groups is 1. The molecule has 3 aliphatic rings. The predicted molar refractivity (Wildman–Crippen MR) is 141 cm³/mol. The van der Waals surface area contributed by atoms with Crippen LogP contribution >= 0.6 is 0 Å². The Morgan fingerprint density at radius 2 is 2.06 bits per heavy atom. The maximum Gasteiger partial charge on any atom is 0.245 e. The largest absolute Gasteiger partial charge is 0.367 e. The van der Waals surface area contributed by atoms with Gasteiger partial charge in [0, 0.05) is 55.7 Å². The van der Waals surface area contributed by atoms with Crippen LogP contribution in [0.3, 0.4) is 0 Å². The Kier molecular flexibility index (Phi) is 6.55. The van der Waals surface area contributed by atoms with E-state index in [4.69, 9.17) is 14.5 Å². The first kappa shape index (κ1) is 24.8. The van der Waals surface area contributed by atoms with E-state index in [9.17, 15) is 4.79 Å². The van der Waals surface area contributed by atoms with Crippen molar-refractivity contribution in [3.8, 4) is 0 Å². The molecule has 0 saturated carbocycles. The Labute approximate surface area is 214 Å². The van der Waals surface area contributed by atoms with Gasteiger partial charge in [0.25, 0.3) is 0 Å². The zero-order valence-electron chi connectivity index (χ0n) is 22.2. The summed E-state index contributed by atoms with van der Waals surface area (Å²) in [5.74, 6) is 2.38. The van der Waals surface area contributed by atoms with Gasteiger partial charge >= 0.3 is 0 Å². The van der Waals surface area contributed by atoms with Crippen LogP contribution in [0.1, 0.15) is 63.9 Å². The molecule has 194 valence electrons. The van der Waals surface area contributed by atoms with Crippen LogP contribution in [0.5, 0.6) is 0 Å². The van der Waals surface area contributed by atoms with Crippen molar-refractivity contribution in [3.05, 3.63) is 41.9 Å². The van der Waals surface area contributed by atoms with Gasteiger partial charge in [0.2, 0.25) is 11.9 Å². The number of carbonyl (C=O) groups excluding carboxylic acids is 1. The summed E-state index contributed by atoms with van der Waals surface area (Å²) in [6, 6.07) is 2.16.